The van der Waals surface area contributed by atoms with Crippen molar-refractivity contribution in [2.24, 2.45) is 10.9 Å². The van der Waals surface area contributed by atoms with Crippen LogP contribution in [0.25, 0.3) is 0 Å². The average Bonchev–Trinajstić information content (AvgIpc) is 2.59. The standard InChI is InChI=1S/C19H41N5O.HI/c1-16(2)24(17(3)4)12-9-21-19(20-5)22-15-18-7-10-23(11-8-18)13-14-25-6;/h16-18H,7-15H2,1-6H3,(H2,20,21,22);1H. The fourth-order valence-corrected chi connectivity index (χ4v) is 3.51. The number of nitrogens with one attached hydrogen (secondary N) is 2. The van der Waals surface area contributed by atoms with Crippen LogP contribution in [-0.4, -0.2) is 87.9 Å². The number of guanidine groups is 1. The number of hydrogen-bond acceptors (Lipinski definition) is 4. The van der Waals surface area contributed by atoms with Gasteiger partial charge in [-0.15, -0.1) is 24.0 Å². The van der Waals surface area contributed by atoms with E-state index >= 15 is 0 Å². The molecule has 1 saturated heterocycles. The Morgan fingerprint density at radius 2 is 1.77 bits per heavy atom. The molecule has 0 aromatic rings. The van der Waals surface area contributed by atoms with E-state index in [2.05, 4.69) is 53.1 Å². The van der Waals surface area contributed by atoms with Gasteiger partial charge in [-0.3, -0.25) is 9.89 Å². The number of aliphatic imine (C=N–C) groups is 1. The van der Waals surface area contributed by atoms with Crippen molar-refractivity contribution < 1.29 is 4.74 Å². The zero-order valence-corrected chi connectivity index (χ0v) is 20.1. The normalized spacial score (nSPS) is 17.0. The monoisotopic (exact) mass is 483 g/mol. The van der Waals surface area contributed by atoms with E-state index in [1.807, 2.05) is 7.05 Å². The maximum atomic E-state index is 5.17. The summed E-state index contributed by atoms with van der Waals surface area (Å²) < 4.78 is 5.17. The Hall–Kier alpha value is -0.120. The maximum absolute atomic E-state index is 5.17. The van der Waals surface area contributed by atoms with E-state index in [0.29, 0.717) is 12.1 Å². The molecule has 0 bridgehead atoms. The quantitative estimate of drug-likeness (QED) is 0.284. The van der Waals surface area contributed by atoms with Crippen molar-refractivity contribution in [2.45, 2.75) is 52.6 Å². The van der Waals surface area contributed by atoms with E-state index in [1.165, 1.54) is 25.9 Å². The van der Waals surface area contributed by atoms with Gasteiger partial charge in [0, 0.05) is 52.4 Å². The first-order valence-corrected chi connectivity index (χ1v) is 9.89. The minimum atomic E-state index is 0. The van der Waals surface area contributed by atoms with Gasteiger partial charge in [-0.1, -0.05) is 0 Å². The SMILES string of the molecule is CN=C(NCCN(C(C)C)C(C)C)NCC1CCN(CCOC)CC1.I. The molecule has 0 aliphatic carbocycles. The molecule has 0 aromatic carbocycles. The van der Waals surface area contributed by atoms with E-state index in [1.54, 1.807) is 7.11 Å². The first kappa shape index (κ1) is 25.9. The molecule has 0 radical (unpaired) electrons. The maximum Gasteiger partial charge on any atom is 0.191 e. The minimum absolute atomic E-state index is 0. The van der Waals surface area contributed by atoms with Gasteiger partial charge in [0.15, 0.2) is 5.96 Å². The largest absolute Gasteiger partial charge is 0.383 e. The number of rotatable bonds is 10. The molecular weight excluding hydrogens is 441 g/mol. The van der Waals surface area contributed by atoms with E-state index in [0.717, 1.165) is 44.7 Å². The lowest BCUT2D eigenvalue weighted by atomic mass is 9.97. The van der Waals surface area contributed by atoms with Crippen LogP contribution < -0.4 is 10.6 Å². The summed E-state index contributed by atoms with van der Waals surface area (Å²) in [6.07, 6.45) is 2.50. The summed E-state index contributed by atoms with van der Waals surface area (Å²) in [5, 5.41) is 6.96. The van der Waals surface area contributed by atoms with Gasteiger partial charge in [0.1, 0.15) is 0 Å². The number of likely N-dealkylation sites (tertiary alicyclic amines) is 1. The second-order valence-corrected chi connectivity index (χ2v) is 7.58. The topological polar surface area (TPSA) is 52.1 Å². The van der Waals surface area contributed by atoms with Crippen LogP contribution in [-0.2, 0) is 4.74 Å². The molecule has 7 heteroatoms. The van der Waals surface area contributed by atoms with Crippen molar-refractivity contribution in [3.63, 3.8) is 0 Å². The zero-order chi connectivity index (χ0) is 18.7. The summed E-state index contributed by atoms with van der Waals surface area (Å²) in [4.78, 5) is 9.36. The predicted octanol–water partition coefficient (Wildman–Crippen LogP) is 2.25. The molecule has 2 N–H and O–H groups in total. The molecule has 1 aliphatic heterocycles. The molecule has 1 heterocycles. The van der Waals surface area contributed by atoms with E-state index in [4.69, 9.17) is 4.74 Å². The van der Waals surface area contributed by atoms with Gasteiger partial charge in [0.2, 0.25) is 0 Å². The van der Waals surface area contributed by atoms with Gasteiger partial charge >= 0.3 is 0 Å². The second kappa shape index (κ2) is 14.9. The van der Waals surface area contributed by atoms with Crippen molar-refractivity contribution in [1.29, 1.82) is 0 Å². The van der Waals surface area contributed by atoms with Gasteiger partial charge < -0.3 is 20.3 Å². The highest BCUT2D eigenvalue weighted by Gasteiger charge is 2.19. The van der Waals surface area contributed by atoms with Crippen LogP contribution >= 0.6 is 24.0 Å². The van der Waals surface area contributed by atoms with Gasteiger partial charge in [-0.05, 0) is 59.5 Å². The fraction of sp³-hybridized carbons (Fsp3) is 0.947. The third kappa shape index (κ3) is 10.3. The molecule has 0 atom stereocenters. The number of nitrogens with zero attached hydrogens (tertiary/aromatic N) is 3. The predicted molar refractivity (Wildman–Crippen MR) is 123 cm³/mol. The third-order valence-corrected chi connectivity index (χ3v) is 5.09. The smallest absolute Gasteiger partial charge is 0.191 e. The van der Waals surface area contributed by atoms with Gasteiger partial charge in [-0.25, -0.2) is 0 Å². The van der Waals surface area contributed by atoms with Crippen LogP contribution in [0.3, 0.4) is 0 Å². The first-order valence-electron chi connectivity index (χ1n) is 9.89. The van der Waals surface area contributed by atoms with E-state index < -0.39 is 0 Å². The van der Waals surface area contributed by atoms with Crippen LogP contribution in [0.4, 0.5) is 0 Å². The van der Waals surface area contributed by atoms with Crippen molar-refractivity contribution in [1.82, 2.24) is 20.4 Å². The lowest BCUT2D eigenvalue weighted by Gasteiger charge is -2.32. The molecule has 156 valence electrons. The summed E-state index contributed by atoms with van der Waals surface area (Å²) in [5.41, 5.74) is 0. The van der Waals surface area contributed by atoms with Crippen molar-refractivity contribution in [3.05, 3.63) is 0 Å². The lowest BCUT2D eigenvalue weighted by Crippen LogP contribution is -2.47. The molecule has 26 heavy (non-hydrogen) atoms. The number of hydrogen-bond donors (Lipinski definition) is 2. The first-order chi connectivity index (χ1) is 12.0. The Morgan fingerprint density at radius 3 is 2.27 bits per heavy atom. The lowest BCUT2D eigenvalue weighted by molar-refractivity contribution is 0.121. The molecule has 1 fully saturated rings. The molecule has 0 amide bonds. The molecular formula is C19H42IN5O. The third-order valence-electron chi connectivity index (χ3n) is 5.09. The van der Waals surface area contributed by atoms with Gasteiger partial charge in [0.25, 0.3) is 0 Å². The van der Waals surface area contributed by atoms with E-state index in [-0.39, 0.29) is 24.0 Å². The van der Waals surface area contributed by atoms with Crippen LogP contribution in [0.1, 0.15) is 40.5 Å². The molecule has 0 saturated carbocycles. The van der Waals surface area contributed by atoms with Crippen LogP contribution in [0.5, 0.6) is 0 Å². The minimum Gasteiger partial charge on any atom is -0.383 e. The fourth-order valence-electron chi connectivity index (χ4n) is 3.51. The van der Waals surface area contributed by atoms with Crippen molar-refractivity contribution >= 4 is 29.9 Å². The number of piperidine rings is 1. The summed E-state index contributed by atoms with van der Waals surface area (Å²) in [5.74, 6) is 1.66. The Morgan fingerprint density at radius 1 is 1.15 bits per heavy atom. The Kier molecular flexibility index (Phi) is 14.8. The number of ether oxygens (including phenoxy) is 1. The highest BCUT2D eigenvalue weighted by molar-refractivity contribution is 14.0. The van der Waals surface area contributed by atoms with Gasteiger partial charge in [-0.2, -0.15) is 0 Å². The van der Waals surface area contributed by atoms with Crippen LogP contribution in [0.2, 0.25) is 0 Å². The summed E-state index contributed by atoms with van der Waals surface area (Å²) >= 11 is 0. The van der Waals surface area contributed by atoms with Crippen molar-refractivity contribution in [3.8, 4) is 0 Å². The summed E-state index contributed by atoms with van der Waals surface area (Å²) in [6, 6.07) is 1.14. The average molecular weight is 483 g/mol. The highest BCUT2D eigenvalue weighted by Crippen LogP contribution is 2.15. The second-order valence-electron chi connectivity index (χ2n) is 7.58. The number of halogens is 1. The highest BCUT2D eigenvalue weighted by atomic mass is 127. The van der Waals surface area contributed by atoms with E-state index in [9.17, 15) is 0 Å². The van der Waals surface area contributed by atoms with Crippen molar-refractivity contribution in [2.75, 3.05) is 60.0 Å². The molecule has 1 rings (SSSR count). The molecule has 1 aliphatic rings. The summed E-state index contributed by atoms with van der Waals surface area (Å²) in [6.45, 7) is 16.2. The van der Waals surface area contributed by atoms with Gasteiger partial charge in [0.05, 0.1) is 6.61 Å². The summed E-state index contributed by atoms with van der Waals surface area (Å²) in [7, 11) is 3.63. The molecule has 0 spiro atoms. The molecule has 6 nitrogen and oxygen atoms in total. The zero-order valence-electron chi connectivity index (χ0n) is 17.8. The Balaban J connectivity index is 0.00000625. The Labute approximate surface area is 178 Å². The molecule has 0 unspecified atom stereocenters. The Bertz CT molecular complexity index is 363. The number of methoxy groups -OCH3 is 1. The molecule has 0 aromatic heterocycles. The van der Waals surface area contributed by atoms with Crippen LogP contribution in [0.15, 0.2) is 4.99 Å². The van der Waals surface area contributed by atoms with Crippen LogP contribution in [0, 0.1) is 5.92 Å².